The lowest BCUT2D eigenvalue weighted by atomic mass is 10.2. The van der Waals surface area contributed by atoms with Crippen molar-refractivity contribution in [1.82, 2.24) is 9.78 Å². The van der Waals surface area contributed by atoms with E-state index in [1.165, 1.54) is 18.2 Å². The average Bonchev–Trinajstić information content (AvgIpc) is 2.85. The standard InChI is InChI=1S/C14H13FN4O3/c1-19-8-9(7-16-19)2-5-13(20)17-12-6-10(15)3-4-11(12)18-14(21)22/h2-8,18H,1H3,(H,17,20)(H,21,22). The summed E-state index contributed by atoms with van der Waals surface area (Å²) in [4.78, 5) is 22.5. The number of benzene rings is 1. The quantitative estimate of drug-likeness (QED) is 0.755. The molecule has 1 heterocycles. The van der Waals surface area contributed by atoms with E-state index in [1.54, 1.807) is 24.1 Å². The van der Waals surface area contributed by atoms with Crippen LogP contribution in [-0.2, 0) is 11.8 Å². The summed E-state index contributed by atoms with van der Waals surface area (Å²) in [5, 5.41) is 17.2. The zero-order valence-corrected chi connectivity index (χ0v) is 11.6. The van der Waals surface area contributed by atoms with Crippen molar-refractivity contribution in [3.8, 4) is 0 Å². The van der Waals surface area contributed by atoms with Crippen molar-refractivity contribution in [2.24, 2.45) is 7.05 Å². The van der Waals surface area contributed by atoms with Crippen LogP contribution in [0.3, 0.4) is 0 Å². The number of carboxylic acid groups (broad SMARTS) is 1. The molecular weight excluding hydrogens is 291 g/mol. The molecule has 0 spiro atoms. The molecule has 2 aromatic rings. The maximum atomic E-state index is 13.2. The molecule has 1 aromatic carbocycles. The lowest BCUT2D eigenvalue weighted by molar-refractivity contribution is -0.111. The van der Waals surface area contributed by atoms with Gasteiger partial charge in [-0.3, -0.25) is 14.8 Å². The minimum atomic E-state index is -1.31. The van der Waals surface area contributed by atoms with Crippen LogP contribution in [0.15, 0.2) is 36.7 Å². The van der Waals surface area contributed by atoms with Gasteiger partial charge in [-0.1, -0.05) is 0 Å². The van der Waals surface area contributed by atoms with Crippen LogP contribution < -0.4 is 10.6 Å². The molecule has 114 valence electrons. The number of aryl methyl sites for hydroxylation is 1. The van der Waals surface area contributed by atoms with Gasteiger partial charge < -0.3 is 10.4 Å². The van der Waals surface area contributed by atoms with Crippen LogP contribution in [0, 0.1) is 5.82 Å². The number of hydrogen-bond donors (Lipinski definition) is 3. The number of rotatable bonds is 4. The Balaban J connectivity index is 2.12. The number of anilines is 2. The largest absolute Gasteiger partial charge is 0.465 e. The van der Waals surface area contributed by atoms with Gasteiger partial charge in [-0.2, -0.15) is 5.10 Å². The highest BCUT2D eigenvalue weighted by Gasteiger charge is 2.09. The van der Waals surface area contributed by atoms with Gasteiger partial charge in [-0.25, -0.2) is 9.18 Å². The topological polar surface area (TPSA) is 96.2 Å². The first-order valence-corrected chi connectivity index (χ1v) is 6.21. The molecule has 0 aliphatic carbocycles. The fourth-order valence-corrected chi connectivity index (χ4v) is 1.72. The van der Waals surface area contributed by atoms with Gasteiger partial charge in [0.05, 0.1) is 17.6 Å². The Hall–Kier alpha value is -3.16. The lowest BCUT2D eigenvalue weighted by Crippen LogP contribution is -2.13. The van der Waals surface area contributed by atoms with Gasteiger partial charge >= 0.3 is 6.09 Å². The molecule has 0 radical (unpaired) electrons. The molecule has 0 saturated heterocycles. The molecule has 0 bridgehead atoms. The maximum Gasteiger partial charge on any atom is 0.409 e. The van der Waals surface area contributed by atoms with Gasteiger partial charge in [0, 0.05) is 24.9 Å². The van der Waals surface area contributed by atoms with Crippen molar-refractivity contribution >= 4 is 29.5 Å². The normalized spacial score (nSPS) is 10.6. The van der Waals surface area contributed by atoms with Crippen LogP contribution in [0.1, 0.15) is 5.56 Å². The third-order valence-corrected chi connectivity index (χ3v) is 2.63. The van der Waals surface area contributed by atoms with Crippen molar-refractivity contribution in [2.45, 2.75) is 0 Å². The second kappa shape index (κ2) is 6.53. The summed E-state index contributed by atoms with van der Waals surface area (Å²) in [6, 6.07) is 3.34. The minimum absolute atomic E-state index is 0.0308. The maximum absolute atomic E-state index is 13.2. The van der Waals surface area contributed by atoms with Crippen LogP contribution in [0.25, 0.3) is 6.08 Å². The Labute approximate surface area is 125 Å². The summed E-state index contributed by atoms with van der Waals surface area (Å²) < 4.78 is 14.8. The molecule has 0 atom stereocenters. The highest BCUT2D eigenvalue weighted by molar-refractivity contribution is 6.04. The number of aromatic nitrogens is 2. The first-order chi connectivity index (χ1) is 10.4. The van der Waals surface area contributed by atoms with Gasteiger partial charge in [0.25, 0.3) is 0 Å². The number of halogens is 1. The number of nitrogens with one attached hydrogen (secondary N) is 2. The molecule has 0 saturated carbocycles. The Morgan fingerprint density at radius 1 is 1.32 bits per heavy atom. The number of nitrogens with zero attached hydrogens (tertiary/aromatic N) is 2. The van der Waals surface area contributed by atoms with E-state index in [-0.39, 0.29) is 11.4 Å². The van der Waals surface area contributed by atoms with Crippen LogP contribution >= 0.6 is 0 Å². The number of carbonyl (C=O) groups is 2. The van der Waals surface area contributed by atoms with E-state index in [2.05, 4.69) is 15.7 Å². The second-order valence-corrected chi connectivity index (χ2v) is 4.39. The Morgan fingerprint density at radius 3 is 2.73 bits per heavy atom. The zero-order valence-electron chi connectivity index (χ0n) is 11.6. The first-order valence-electron chi connectivity index (χ1n) is 6.21. The molecule has 2 rings (SSSR count). The summed E-state index contributed by atoms with van der Waals surface area (Å²) in [5.41, 5.74) is 0.834. The molecular formula is C14H13FN4O3. The van der Waals surface area contributed by atoms with Crippen molar-refractivity contribution in [3.63, 3.8) is 0 Å². The monoisotopic (exact) mass is 304 g/mol. The van der Waals surface area contributed by atoms with Crippen molar-refractivity contribution in [2.75, 3.05) is 10.6 Å². The van der Waals surface area contributed by atoms with E-state index in [0.717, 1.165) is 17.7 Å². The molecule has 0 aliphatic heterocycles. The van der Waals surface area contributed by atoms with Crippen LogP contribution in [-0.4, -0.2) is 26.9 Å². The zero-order chi connectivity index (χ0) is 16.1. The van der Waals surface area contributed by atoms with Gasteiger partial charge in [-0.15, -0.1) is 0 Å². The summed E-state index contributed by atoms with van der Waals surface area (Å²) >= 11 is 0. The third kappa shape index (κ3) is 4.17. The fourth-order valence-electron chi connectivity index (χ4n) is 1.72. The fraction of sp³-hybridized carbons (Fsp3) is 0.0714. The summed E-state index contributed by atoms with van der Waals surface area (Å²) in [6.07, 6.45) is 4.75. The molecule has 3 N–H and O–H groups in total. The van der Waals surface area contributed by atoms with E-state index in [1.807, 2.05) is 0 Å². The lowest BCUT2D eigenvalue weighted by Gasteiger charge is -2.09. The van der Waals surface area contributed by atoms with Gasteiger partial charge in [0.1, 0.15) is 5.82 Å². The second-order valence-electron chi connectivity index (χ2n) is 4.39. The molecule has 0 unspecified atom stereocenters. The smallest absolute Gasteiger partial charge is 0.409 e. The summed E-state index contributed by atoms with van der Waals surface area (Å²) in [7, 11) is 1.74. The predicted molar refractivity (Wildman–Crippen MR) is 78.9 cm³/mol. The molecule has 1 aromatic heterocycles. The Bertz CT molecular complexity index is 739. The highest BCUT2D eigenvalue weighted by Crippen LogP contribution is 2.22. The van der Waals surface area contributed by atoms with E-state index in [4.69, 9.17) is 5.11 Å². The van der Waals surface area contributed by atoms with Crippen LogP contribution in [0.5, 0.6) is 0 Å². The molecule has 22 heavy (non-hydrogen) atoms. The summed E-state index contributed by atoms with van der Waals surface area (Å²) in [6.45, 7) is 0. The minimum Gasteiger partial charge on any atom is -0.465 e. The number of hydrogen-bond acceptors (Lipinski definition) is 3. The molecule has 8 heteroatoms. The van der Waals surface area contributed by atoms with Crippen molar-refractivity contribution < 1.29 is 19.1 Å². The average molecular weight is 304 g/mol. The van der Waals surface area contributed by atoms with Gasteiger partial charge in [0.2, 0.25) is 5.91 Å². The third-order valence-electron chi connectivity index (χ3n) is 2.63. The van der Waals surface area contributed by atoms with E-state index in [0.29, 0.717) is 0 Å². The van der Waals surface area contributed by atoms with E-state index in [9.17, 15) is 14.0 Å². The predicted octanol–water partition coefficient (Wildman–Crippen LogP) is 2.30. The van der Waals surface area contributed by atoms with Crippen LogP contribution in [0.4, 0.5) is 20.6 Å². The molecule has 0 fully saturated rings. The van der Waals surface area contributed by atoms with Gasteiger partial charge in [-0.05, 0) is 24.3 Å². The Kier molecular flexibility index (Phi) is 4.52. The SMILES string of the molecule is Cn1cc(C=CC(=O)Nc2cc(F)ccc2NC(=O)O)cn1. The van der Waals surface area contributed by atoms with Crippen molar-refractivity contribution in [1.29, 1.82) is 0 Å². The van der Waals surface area contributed by atoms with Gasteiger partial charge in [0.15, 0.2) is 0 Å². The number of amides is 2. The van der Waals surface area contributed by atoms with E-state index < -0.39 is 17.8 Å². The molecule has 2 amide bonds. The van der Waals surface area contributed by atoms with E-state index >= 15 is 0 Å². The first kappa shape index (κ1) is 15.2. The van der Waals surface area contributed by atoms with Crippen LogP contribution in [0.2, 0.25) is 0 Å². The highest BCUT2D eigenvalue weighted by atomic mass is 19.1. The molecule has 7 nitrogen and oxygen atoms in total. The van der Waals surface area contributed by atoms with Crippen molar-refractivity contribution in [3.05, 3.63) is 48.0 Å². The summed E-state index contributed by atoms with van der Waals surface area (Å²) in [5.74, 6) is -1.12. The molecule has 0 aliphatic rings. The Morgan fingerprint density at radius 2 is 2.09 bits per heavy atom. The number of carbonyl (C=O) groups excluding carboxylic acids is 1.